The van der Waals surface area contributed by atoms with Crippen LogP contribution in [0.5, 0.6) is 5.88 Å². The molecular formula is C8H13BrN4O. The van der Waals surface area contributed by atoms with Crippen molar-refractivity contribution in [1.29, 1.82) is 0 Å². The molecule has 1 aromatic heterocycles. The Morgan fingerprint density at radius 1 is 1.64 bits per heavy atom. The summed E-state index contributed by atoms with van der Waals surface area (Å²) < 4.78 is 6.16. The van der Waals surface area contributed by atoms with E-state index < -0.39 is 0 Å². The topological polar surface area (TPSA) is 73.1 Å². The molecular weight excluding hydrogens is 248 g/mol. The largest absolute Gasteiger partial charge is 0.477 e. The number of nitrogen functional groups attached to an aromatic ring is 1. The van der Waals surface area contributed by atoms with Crippen molar-refractivity contribution in [3.05, 3.63) is 10.7 Å². The molecule has 0 unspecified atom stereocenters. The van der Waals surface area contributed by atoms with Gasteiger partial charge in [-0.2, -0.15) is 4.98 Å². The van der Waals surface area contributed by atoms with E-state index in [1.807, 2.05) is 0 Å². The molecule has 1 rings (SSSR count). The summed E-state index contributed by atoms with van der Waals surface area (Å²) in [7, 11) is 0. The molecule has 1 heterocycles. The third kappa shape index (κ3) is 3.12. The lowest BCUT2D eigenvalue weighted by Gasteiger charge is -2.07. The number of aromatic nitrogens is 2. The summed E-state index contributed by atoms with van der Waals surface area (Å²) in [6.07, 6.45) is 3.69. The smallest absolute Gasteiger partial charge is 0.240 e. The second-order valence-electron chi connectivity index (χ2n) is 2.69. The number of ether oxygens (including phenoxy) is 1. The van der Waals surface area contributed by atoms with Gasteiger partial charge in [-0.15, -0.1) is 0 Å². The molecule has 0 bridgehead atoms. The Balaban J connectivity index is 2.64. The predicted octanol–water partition coefficient (Wildman–Crippen LogP) is 1.70. The summed E-state index contributed by atoms with van der Waals surface area (Å²) in [4.78, 5) is 7.96. The molecule has 0 aliphatic rings. The highest BCUT2D eigenvalue weighted by molar-refractivity contribution is 9.10. The standard InChI is InChI=1S/C8H13BrN4O/c1-2-3-4-14-7-6(9)5-11-8(12-7)13-10/h5H,2-4,10H2,1H3,(H,11,12,13). The van der Waals surface area contributed by atoms with Gasteiger partial charge in [-0.05, 0) is 22.4 Å². The van der Waals surface area contributed by atoms with Crippen molar-refractivity contribution in [3.63, 3.8) is 0 Å². The quantitative estimate of drug-likeness (QED) is 0.479. The van der Waals surface area contributed by atoms with Crippen molar-refractivity contribution in [2.24, 2.45) is 5.84 Å². The Kier molecular flexibility index (Phi) is 4.61. The first-order valence-electron chi connectivity index (χ1n) is 4.40. The fraction of sp³-hybridized carbons (Fsp3) is 0.500. The lowest BCUT2D eigenvalue weighted by Crippen LogP contribution is -2.11. The minimum absolute atomic E-state index is 0.347. The van der Waals surface area contributed by atoms with Crippen LogP contribution in [0.4, 0.5) is 5.95 Å². The van der Waals surface area contributed by atoms with Gasteiger partial charge in [0.05, 0.1) is 17.3 Å². The maximum atomic E-state index is 5.43. The molecule has 6 heteroatoms. The number of nitrogens with two attached hydrogens (primary N) is 1. The molecule has 0 saturated carbocycles. The fourth-order valence-corrected chi connectivity index (χ4v) is 1.14. The van der Waals surface area contributed by atoms with Gasteiger partial charge in [0.15, 0.2) is 0 Å². The van der Waals surface area contributed by atoms with Crippen LogP contribution in [-0.4, -0.2) is 16.6 Å². The summed E-state index contributed by atoms with van der Waals surface area (Å²) in [5.74, 6) is 6.04. The van der Waals surface area contributed by atoms with Crippen LogP contribution < -0.4 is 16.0 Å². The summed E-state index contributed by atoms with van der Waals surface area (Å²) in [5.41, 5.74) is 2.36. The molecule has 0 radical (unpaired) electrons. The van der Waals surface area contributed by atoms with Crippen LogP contribution in [0.1, 0.15) is 19.8 Å². The van der Waals surface area contributed by atoms with Crippen molar-refractivity contribution >= 4 is 21.9 Å². The summed E-state index contributed by atoms with van der Waals surface area (Å²) >= 11 is 3.29. The molecule has 0 aliphatic heterocycles. The van der Waals surface area contributed by atoms with Crippen LogP contribution >= 0.6 is 15.9 Å². The average molecular weight is 261 g/mol. The number of nitrogens with zero attached hydrogens (tertiary/aromatic N) is 2. The molecule has 78 valence electrons. The van der Waals surface area contributed by atoms with E-state index in [1.54, 1.807) is 6.20 Å². The average Bonchev–Trinajstić information content (AvgIpc) is 2.21. The van der Waals surface area contributed by atoms with Crippen molar-refractivity contribution in [3.8, 4) is 5.88 Å². The van der Waals surface area contributed by atoms with Crippen molar-refractivity contribution in [2.45, 2.75) is 19.8 Å². The van der Waals surface area contributed by atoms with Crippen LogP contribution in [0.3, 0.4) is 0 Å². The SMILES string of the molecule is CCCCOc1nc(NN)ncc1Br. The highest BCUT2D eigenvalue weighted by Crippen LogP contribution is 2.22. The molecule has 0 fully saturated rings. The first-order chi connectivity index (χ1) is 6.77. The maximum absolute atomic E-state index is 5.43. The highest BCUT2D eigenvalue weighted by Gasteiger charge is 2.04. The number of hydrogen-bond acceptors (Lipinski definition) is 5. The van der Waals surface area contributed by atoms with Crippen molar-refractivity contribution in [2.75, 3.05) is 12.0 Å². The van der Waals surface area contributed by atoms with Crippen molar-refractivity contribution < 1.29 is 4.74 Å². The molecule has 1 aromatic rings. The number of halogens is 1. The molecule has 0 spiro atoms. The van der Waals surface area contributed by atoms with Crippen LogP contribution in [0.25, 0.3) is 0 Å². The first-order valence-corrected chi connectivity index (χ1v) is 5.19. The van der Waals surface area contributed by atoms with Gasteiger partial charge in [-0.3, -0.25) is 5.43 Å². The zero-order valence-corrected chi connectivity index (χ0v) is 9.54. The molecule has 0 saturated heterocycles. The van der Waals surface area contributed by atoms with Gasteiger partial charge in [-0.25, -0.2) is 10.8 Å². The van der Waals surface area contributed by atoms with E-state index >= 15 is 0 Å². The molecule has 3 N–H and O–H groups in total. The lowest BCUT2D eigenvalue weighted by atomic mass is 10.4. The minimum Gasteiger partial charge on any atom is -0.477 e. The van der Waals surface area contributed by atoms with E-state index in [0.29, 0.717) is 18.4 Å². The van der Waals surface area contributed by atoms with Gasteiger partial charge < -0.3 is 4.74 Å². The van der Waals surface area contributed by atoms with E-state index in [4.69, 9.17) is 10.6 Å². The monoisotopic (exact) mass is 260 g/mol. The zero-order chi connectivity index (χ0) is 10.4. The zero-order valence-electron chi connectivity index (χ0n) is 7.96. The summed E-state index contributed by atoms with van der Waals surface area (Å²) in [6, 6.07) is 0. The minimum atomic E-state index is 0.347. The van der Waals surface area contributed by atoms with E-state index in [-0.39, 0.29) is 0 Å². The summed E-state index contributed by atoms with van der Waals surface area (Å²) in [5, 5.41) is 0. The van der Waals surface area contributed by atoms with E-state index in [2.05, 4.69) is 38.2 Å². The van der Waals surface area contributed by atoms with Gasteiger partial charge in [0.2, 0.25) is 11.8 Å². The third-order valence-electron chi connectivity index (χ3n) is 1.58. The molecule has 0 aromatic carbocycles. The van der Waals surface area contributed by atoms with Gasteiger partial charge in [0.1, 0.15) is 0 Å². The Hall–Kier alpha value is -0.880. The van der Waals surface area contributed by atoms with E-state index in [0.717, 1.165) is 17.3 Å². The van der Waals surface area contributed by atoms with Crippen molar-refractivity contribution in [1.82, 2.24) is 9.97 Å². The third-order valence-corrected chi connectivity index (χ3v) is 2.12. The number of hydrogen-bond donors (Lipinski definition) is 2. The lowest BCUT2D eigenvalue weighted by molar-refractivity contribution is 0.295. The van der Waals surface area contributed by atoms with Crippen LogP contribution in [0, 0.1) is 0 Å². The summed E-state index contributed by atoms with van der Waals surface area (Å²) in [6.45, 7) is 2.75. The Morgan fingerprint density at radius 2 is 2.43 bits per heavy atom. The van der Waals surface area contributed by atoms with Crippen LogP contribution in [0.2, 0.25) is 0 Å². The molecule has 0 aliphatic carbocycles. The van der Waals surface area contributed by atoms with E-state index in [1.165, 1.54) is 0 Å². The normalized spacial score (nSPS) is 9.93. The number of unbranched alkanes of at least 4 members (excludes halogenated alkanes) is 1. The Morgan fingerprint density at radius 3 is 3.07 bits per heavy atom. The van der Waals surface area contributed by atoms with Gasteiger partial charge >= 0.3 is 0 Å². The van der Waals surface area contributed by atoms with Gasteiger partial charge in [0.25, 0.3) is 0 Å². The molecule has 0 amide bonds. The second-order valence-corrected chi connectivity index (χ2v) is 3.55. The highest BCUT2D eigenvalue weighted by atomic mass is 79.9. The number of hydrazine groups is 1. The molecule has 5 nitrogen and oxygen atoms in total. The number of anilines is 1. The predicted molar refractivity (Wildman–Crippen MR) is 57.9 cm³/mol. The maximum Gasteiger partial charge on any atom is 0.240 e. The van der Waals surface area contributed by atoms with E-state index in [9.17, 15) is 0 Å². The fourth-order valence-electron chi connectivity index (χ4n) is 0.835. The molecule has 0 atom stereocenters. The Bertz CT molecular complexity index is 295. The molecule has 14 heavy (non-hydrogen) atoms. The Labute approximate surface area is 91.2 Å². The van der Waals surface area contributed by atoms with Gasteiger partial charge in [-0.1, -0.05) is 13.3 Å². The van der Waals surface area contributed by atoms with Gasteiger partial charge in [0, 0.05) is 0 Å². The number of nitrogens with one attached hydrogen (secondary N) is 1. The van der Waals surface area contributed by atoms with Crippen LogP contribution in [0.15, 0.2) is 10.7 Å². The number of rotatable bonds is 5. The second kappa shape index (κ2) is 5.77. The van der Waals surface area contributed by atoms with Crippen LogP contribution in [-0.2, 0) is 0 Å². The first kappa shape index (κ1) is 11.2.